The molecular formula is C23H31NO7S. The number of hydrogen-bond acceptors (Lipinski definition) is 8. The maximum Gasteiger partial charge on any atom is 0.183 e. The highest BCUT2D eigenvalue weighted by molar-refractivity contribution is 7.92. The van der Waals surface area contributed by atoms with Gasteiger partial charge in [0.05, 0.1) is 22.7 Å². The molecule has 0 amide bonds. The van der Waals surface area contributed by atoms with E-state index in [1.54, 1.807) is 44.2 Å². The van der Waals surface area contributed by atoms with Crippen LogP contribution in [0, 0.1) is 11.8 Å². The summed E-state index contributed by atoms with van der Waals surface area (Å²) in [6.45, 7) is 4.60. The van der Waals surface area contributed by atoms with E-state index in [0.29, 0.717) is 6.61 Å². The molecule has 3 aliphatic rings. The number of nitrogens with zero attached hydrogens (tertiary/aromatic N) is 1. The van der Waals surface area contributed by atoms with E-state index in [0.717, 1.165) is 24.3 Å². The normalized spacial score (nSPS) is 31.0. The van der Waals surface area contributed by atoms with Crippen molar-refractivity contribution in [3.63, 3.8) is 0 Å². The lowest BCUT2D eigenvalue weighted by atomic mass is 10.1. The van der Waals surface area contributed by atoms with E-state index in [1.807, 2.05) is 0 Å². The molecule has 1 aromatic rings. The number of fused-ring (bicyclic) bond motifs is 1. The molecule has 176 valence electrons. The van der Waals surface area contributed by atoms with E-state index in [9.17, 15) is 13.6 Å². The Balaban J connectivity index is 1.53. The molecule has 1 N–H and O–H groups in total. The minimum absolute atomic E-state index is 0.0286. The van der Waals surface area contributed by atoms with Gasteiger partial charge in [-0.2, -0.15) is 5.06 Å². The predicted octanol–water partition coefficient (Wildman–Crippen LogP) is 2.36. The van der Waals surface area contributed by atoms with E-state index >= 15 is 0 Å². The van der Waals surface area contributed by atoms with Crippen LogP contribution in [0.3, 0.4) is 0 Å². The van der Waals surface area contributed by atoms with Crippen LogP contribution in [-0.4, -0.2) is 74.0 Å². The molecule has 0 radical (unpaired) electrons. The van der Waals surface area contributed by atoms with Crippen molar-refractivity contribution in [3.8, 4) is 11.8 Å². The van der Waals surface area contributed by atoms with Crippen molar-refractivity contribution < 1.29 is 32.6 Å². The molecule has 0 spiro atoms. The van der Waals surface area contributed by atoms with E-state index in [4.69, 9.17) is 18.9 Å². The second kappa shape index (κ2) is 9.77. The second-order valence-corrected chi connectivity index (χ2v) is 11.0. The predicted molar refractivity (Wildman–Crippen MR) is 115 cm³/mol. The van der Waals surface area contributed by atoms with Gasteiger partial charge in [-0.3, -0.25) is 0 Å². The summed E-state index contributed by atoms with van der Waals surface area (Å²) in [6.07, 6.45) is 1.72. The van der Waals surface area contributed by atoms with Crippen LogP contribution < -0.4 is 0 Å². The standard InChI is InChI=1S/C23H31NO7S/c1-23(2)30-18-16-24(25)21(22(18)31-23)19(32(26,27)17-10-4-3-5-11-17)12-6-8-14-28-20-13-7-9-15-29-20/h3-5,10-11,18-22,25H,7,9,12-16H2,1-2H3/t18-,19-,20?,21+,22-/m1/s1. The van der Waals surface area contributed by atoms with Crippen molar-refractivity contribution >= 4 is 9.84 Å². The Bertz CT molecular complexity index is 934. The van der Waals surface area contributed by atoms with Crippen LogP contribution in [0.15, 0.2) is 35.2 Å². The van der Waals surface area contributed by atoms with E-state index in [1.165, 1.54) is 0 Å². The van der Waals surface area contributed by atoms with Crippen LogP contribution in [0.4, 0.5) is 0 Å². The van der Waals surface area contributed by atoms with Gasteiger partial charge in [-0.15, -0.1) is 0 Å². The van der Waals surface area contributed by atoms with Crippen molar-refractivity contribution in [2.45, 2.75) is 80.0 Å². The highest BCUT2D eigenvalue weighted by Crippen LogP contribution is 2.40. The summed E-state index contributed by atoms with van der Waals surface area (Å²) < 4.78 is 50.2. The first-order valence-electron chi connectivity index (χ1n) is 11.1. The van der Waals surface area contributed by atoms with Crippen molar-refractivity contribution in [2.24, 2.45) is 0 Å². The van der Waals surface area contributed by atoms with Crippen molar-refractivity contribution in [1.29, 1.82) is 0 Å². The molecule has 3 fully saturated rings. The lowest BCUT2D eigenvalue weighted by Crippen LogP contribution is -2.48. The number of sulfone groups is 1. The molecule has 4 rings (SSSR count). The molecule has 0 bridgehead atoms. The maximum absolute atomic E-state index is 13.6. The Morgan fingerprint density at radius 1 is 1.22 bits per heavy atom. The quantitative estimate of drug-likeness (QED) is 0.640. The van der Waals surface area contributed by atoms with Gasteiger partial charge in [0.25, 0.3) is 0 Å². The molecule has 0 aliphatic carbocycles. The first-order valence-corrected chi connectivity index (χ1v) is 12.6. The van der Waals surface area contributed by atoms with Gasteiger partial charge in [0.15, 0.2) is 21.9 Å². The summed E-state index contributed by atoms with van der Waals surface area (Å²) in [4.78, 5) is 0.189. The van der Waals surface area contributed by atoms with Crippen LogP contribution in [0.1, 0.15) is 39.5 Å². The highest BCUT2D eigenvalue weighted by Gasteiger charge is 2.57. The third kappa shape index (κ3) is 5.18. The van der Waals surface area contributed by atoms with Crippen LogP contribution in [-0.2, 0) is 28.8 Å². The van der Waals surface area contributed by atoms with Gasteiger partial charge in [0.1, 0.15) is 18.8 Å². The second-order valence-electron chi connectivity index (χ2n) is 8.81. The highest BCUT2D eigenvalue weighted by atomic mass is 32.2. The molecule has 9 heteroatoms. The molecule has 3 heterocycles. The summed E-state index contributed by atoms with van der Waals surface area (Å²) >= 11 is 0. The third-order valence-electron chi connectivity index (χ3n) is 6.03. The number of hydroxylamine groups is 2. The maximum atomic E-state index is 13.6. The number of ether oxygens (including phenoxy) is 4. The number of benzene rings is 1. The van der Waals surface area contributed by atoms with Crippen LogP contribution >= 0.6 is 0 Å². The first-order chi connectivity index (χ1) is 15.3. The fourth-order valence-electron chi connectivity index (χ4n) is 4.57. The average Bonchev–Trinajstić information content (AvgIpc) is 3.22. The van der Waals surface area contributed by atoms with Crippen molar-refractivity contribution in [3.05, 3.63) is 30.3 Å². The molecule has 3 saturated heterocycles. The molecule has 5 atom stereocenters. The lowest BCUT2D eigenvalue weighted by Gasteiger charge is -2.31. The Kier molecular flexibility index (Phi) is 7.22. The topological polar surface area (TPSA) is 94.5 Å². The molecule has 3 aliphatic heterocycles. The molecule has 32 heavy (non-hydrogen) atoms. The smallest absolute Gasteiger partial charge is 0.183 e. The largest absolute Gasteiger partial charge is 0.353 e. The fraction of sp³-hybridized carbons (Fsp3) is 0.652. The molecule has 1 aromatic carbocycles. The van der Waals surface area contributed by atoms with E-state index in [2.05, 4.69) is 11.8 Å². The van der Waals surface area contributed by atoms with Crippen molar-refractivity contribution in [2.75, 3.05) is 19.8 Å². The van der Waals surface area contributed by atoms with Crippen LogP contribution in [0.2, 0.25) is 0 Å². The van der Waals surface area contributed by atoms with Gasteiger partial charge >= 0.3 is 0 Å². The Hall–Kier alpha value is -1.51. The lowest BCUT2D eigenvalue weighted by molar-refractivity contribution is -0.197. The zero-order valence-corrected chi connectivity index (χ0v) is 19.3. The average molecular weight is 466 g/mol. The van der Waals surface area contributed by atoms with Gasteiger partial charge in [-0.1, -0.05) is 30.0 Å². The Morgan fingerprint density at radius 3 is 2.72 bits per heavy atom. The zero-order chi connectivity index (χ0) is 22.8. The number of hydrogen-bond donors (Lipinski definition) is 1. The number of rotatable bonds is 6. The van der Waals surface area contributed by atoms with E-state index in [-0.39, 0.29) is 30.8 Å². The molecular weight excluding hydrogens is 434 g/mol. The minimum atomic E-state index is -3.81. The van der Waals surface area contributed by atoms with Gasteiger partial charge in [0.2, 0.25) is 0 Å². The SMILES string of the molecule is CC1(C)O[C@H]2[C@H]([C@@H](CC#CCOC3CCCCO3)S(=O)(=O)c3ccccc3)N(O)C[C@H]2O1. The summed E-state index contributed by atoms with van der Waals surface area (Å²) in [5, 5.41) is 10.7. The third-order valence-corrected chi connectivity index (χ3v) is 8.20. The monoisotopic (exact) mass is 465 g/mol. The zero-order valence-electron chi connectivity index (χ0n) is 18.5. The van der Waals surface area contributed by atoms with Gasteiger partial charge in [-0.25, -0.2) is 8.42 Å². The van der Waals surface area contributed by atoms with Crippen LogP contribution in [0.5, 0.6) is 0 Å². The molecule has 8 nitrogen and oxygen atoms in total. The van der Waals surface area contributed by atoms with Crippen molar-refractivity contribution in [1.82, 2.24) is 5.06 Å². The summed E-state index contributed by atoms with van der Waals surface area (Å²) in [5.74, 6) is 5.03. The Morgan fingerprint density at radius 2 is 2.00 bits per heavy atom. The van der Waals surface area contributed by atoms with Gasteiger partial charge < -0.3 is 24.2 Å². The van der Waals surface area contributed by atoms with Gasteiger partial charge in [0, 0.05) is 13.0 Å². The summed E-state index contributed by atoms with van der Waals surface area (Å²) in [7, 11) is -3.81. The molecule has 0 aromatic heterocycles. The Labute approximate surface area is 189 Å². The summed E-state index contributed by atoms with van der Waals surface area (Å²) in [5.41, 5.74) is 0. The van der Waals surface area contributed by atoms with Gasteiger partial charge in [-0.05, 0) is 45.2 Å². The molecule has 1 unspecified atom stereocenters. The summed E-state index contributed by atoms with van der Waals surface area (Å²) in [6, 6.07) is 7.44. The van der Waals surface area contributed by atoms with E-state index < -0.39 is 39.1 Å². The first kappa shape index (κ1) is 23.6. The minimum Gasteiger partial charge on any atom is -0.353 e. The molecule has 0 saturated carbocycles. The van der Waals surface area contributed by atoms with Crippen LogP contribution in [0.25, 0.3) is 0 Å². The fourth-order valence-corrected chi connectivity index (χ4v) is 6.42.